The normalized spacial score (nSPS) is 15.1. The van der Waals surface area contributed by atoms with Crippen molar-refractivity contribution in [3.05, 3.63) is 59.4 Å². The lowest BCUT2D eigenvalue weighted by Gasteiger charge is -2.30. The SMILES string of the molecule is CCC(N)c1ccc2c(c1)N(Cc1ccccc1F)C(=O)CO2. The first-order chi connectivity index (χ1) is 11.1. The highest BCUT2D eigenvalue weighted by atomic mass is 19.1. The van der Waals surface area contributed by atoms with Crippen molar-refractivity contribution in [2.24, 2.45) is 5.73 Å². The molecule has 0 aromatic heterocycles. The Kier molecular flexibility index (Phi) is 4.30. The van der Waals surface area contributed by atoms with Crippen molar-refractivity contribution in [1.29, 1.82) is 0 Å². The van der Waals surface area contributed by atoms with Gasteiger partial charge in [0.15, 0.2) is 6.61 Å². The molecule has 1 aliphatic rings. The molecule has 4 nitrogen and oxygen atoms in total. The molecule has 0 fully saturated rings. The van der Waals surface area contributed by atoms with Gasteiger partial charge < -0.3 is 15.4 Å². The second-order valence-electron chi connectivity index (χ2n) is 5.60. The summed E-state index contributed by atoms with van der Waals surface area (Å²) in [5.74, 6) is 0.103. The highest BCUT2D eigenvalue weighted by Crippen LogP contribution is 2.35. The van der Waals surface area contributed by atoms with Crippen molar-refractivity contribution in [2.45, 2.75) is 25.9 Å². The van der Waals surface area contributed by atoms with Gasteiger partial charge in [0.05, 0.1) is 12.2 Å². The van der Waals surface area contributed by atoms with Gasteiger partial charge in [-0.05, 0) is 30.2 Å². The Morgan fingerprint density at radius 2 is 2.09 bits per heavy atom. The van der Waals surface area contributed by atoms with Gasteiger partial charge in [-0.2, -0.15) is 0 Å². The van der Waals surface area contributed by atoms with E-state index in [4.69, 9.17) is 10.5 Å². The van der Waals surface area contributed by atoms with E-state index in [1.165, 1.54) is 6.07 Å². The minimum Gasteiger partial charge on any atom is -0.482 e. The first kappa shape index (κ1) is 15.5. The Balaban J connectivity index is 1.98. The molecule has 0 aliphatic carbocycles. The first-order valence-corrected chi connectivity index (χ1v) is 7.66. The lowest BCUT2D eigenvalue weighted by molar-refractivity contribution is -0.121. The number of anilines is 1. The highest BCUT2D eigenvalue weighted by Gasteiger charge is 2.27. The minimum atomic E-state index is -0.324. The van der Waals surface area contributed by atoms with Gasteiger partial charge in [-0.25, -0.2) is 4.39 Å². The smallest absolute Gasteiger partial charge is 0.265 e. The summed E-state index contributed by atoms with van der Waals surface area (Å²) in [7, 11) is 0. The second kappa shape index (κ2) is 6.38. The van der Waals surface area contributed by atoms with Crippen molar-refractivity contribution >= 4 is 11.6 Å². The number of amides is 1. The van der Waals surface area contributed by atoms with Crippen LogP contribution in [0.4, 0.5) is 10.1 Å². The third kappa shape index (κ3) is 3.05. The van der Waals surface area contributed by atoms with E-state index in [9.17, 15) is 9.18 Å². The van der Waals surface area contributed by atoms with E-state index in [1.807, 2.05) is 25.1 Å². The zero-order valence-electron chi connectivity index (χ0n) is 13.0. The van der Waals surface area contributed by atoms with Gasteiger partial charge in [0, 0.05) is 11.6 Å². The Bertz CT molecular complexity index is 733. The van der Waals surface area contributed by atoms with Crippen molar-refractivity contribution in [2.75, 3.05) is 11.5 Å². The summed E-state index contributed by atoms with van der Waals surface area (Å²) in [5, 5.41) is 0. The van der Waals surface area contributed by atoms with E-state index in [0.29, 0.717) is 17.0 Å². The van der Waals surface area contributed by atoms with Gasteiger partial charge >= 0.3 is 0 Å². The Hall–Kier alpha value is -2.40. The molecule has 0 radical (unpaired) electrons. The number of nitrogens with two attached hydrogens (primary N) is 1. The van der Waals surface area contributed by atoms with Crippen LogP contribution in [0.3, 0.4) is 0 Å². The lowest BCUT2D eigenvalue weighted by atomic mass is 10.0. The number of halogens is 1. The number of carbonyl (C=O) groups excluding carboxylic acids is 1. The summed E-state index contributed by atoms with van der Waals surface area (Å²) in [6.07, 6.45) is 0.793. The molecule has 0 bridgehead atoms. The fraction of sp³-hybridized carbons (Fsp3) is 0.278. The van der Waals surface area contributed by atoms with E-state index in [0.717, 1.165) is 12.0 Å². The summed E-state index contributed by atoms with van der Waals surface area (Å²) < 4.78 is 19.4. The Labute approximate surface area is 134 Å². The van der Waals surface area contributed by atoms with Crippen LogP contribution in [0.15, 0.2) is 42.5 Å². The molecule has 23 heavy (non-hydrogen) atoms. The topological polar surface area (TPSA) is 55.6 Å². The molecule has 0 saturated carbocycles. The summed E-state index contributed by atoms with van der Waals surface area (Å²) in [6, 6.07) is 11.9. The third-order valence-corrected chi connectivity index (χ3v) is 4.08. The molecule has 5 heteroatoms. The van der Waals surface area contributed by atoms with E-state index in [-0.39, 0.29) is 30.9 Å². The number of benzene rings is 2. The van der Waals surface area contributed by atoms with Crippen LogP contribution in [-0.2, 0) is 11.3 Å². The maximum Gasteiger partial charge on any atom is 0.265 e. The molecule has 0 saturated heterocycles. The van der Waals surface area contributed by atoms with Crippen LogP contribution in [0.25, 0.3) is 0 Å². The maximum atomic E-state index is 13.9. The van der Waals surface area contributed by atoms with E-state index < -0.39 is 0 Å². The summed E-state index contributed by atoms with van der Waals surface area (Å²) in [4.78, 5) is 13.8. The monoisotopic (exact) mass is 314 g/mol. The molecule has 2 aromatic carbocycles. The predicted molar refractivity (Wildman–Crippen MR) is 86.7 cm³/mol. The molecule has 1 atom stereocenters. The molecule has 0 spiro atoms. The van der Waals surface area contributed by atoms with E-state index >= 15 is 0 Å². The van der Waals surface area contributed by atoms with E-state index in [2.05, 4.69) is 0 Å². The fourth-order valence-corrected chi connectivity index (χ4v) is 2.66. The Morgan fingerprint density at radius 1 is 1.30 bits per heavy atom. The number of hydrogen-bond donors (Lipinski definition) is 1. The highest BCUT2D eigenvalue weighted by molar-refractivity contribution is 5.97. The standard InChI is InChI=1S/C18H19FN2O2/c1-2-15(20)12-7-8-17-16(9-12)21(18(22)11-23-17)10-13-5-3-4-6-14(13)19/h3-9,15H,2,10-11,20H2,1H3. The number of ether oxygens (including phenoxy) is 1. The molecule has 120 valence electrons. The van der Waals surface area contributed by atoms with Gasteiger partial charge in [-0.1, -0.05) is 31.2 Å². The zero-order valence-corrected chi connectivity index (χ0v) is 13.0. The lowest BCUT2D eigenvalue weighted by Crippen LogP contribution is -2.38. The summed E-state index contributed by atoms with van der Waals surface area (Å²) in [5.41, 5.74) is 8.13. The number of rotatable bonds is 4. The second-order valence-corrected chi connectivity index (χ2v) is 5.60. The average Bonchev–Trinajstić information content (AvgIpc) is 2.58. The molecular formula is C18H19FN2O2. The van der Waals surface area contributed by atoms with Crippen LogP contribution in [0, 0.1) is 5.82 Å². The molecule has 1 unspecified atom stereocenters. The van der Waals surface area contributed by atoms with Gasteiger partial charge in [0.2, 0.25) is 0 Å². The fourth-order valence-electron chi connectivity index (χ4n) is 2.66. The van der Waals surface area contributed by atoms with Crippen LogP contribution in [-0.4, -0.2) is 12.5 Å². The minimum absolute atomic E-state index is 0.0410. The molecule has 1 heterocycles. The average molecular weight is 314 g/mol. The van der Waals surface area contributed by atoms with Crippen LogP contribution < -0.4 is 15.4 Å². The largest absolute Gasteiger partial charge is 0.482 e. The number of fused-ring (bicyclic) bond motifs is 1. The number of carbonyl (C=O) groups is 1. The molecule has 3 rings (SSSR count). The van der Waals surface area contributed by atoms with Crippen LogP contribution in [0.5, 0.6) is 5.75 Å². The van der Waals surface area contributed by atoms with Crippen LogP contribution in [0.2, 0.25) is 0 Å². The molecular weight excluding hydrogens is 295 g/mol. The number of nitrogens with zero attached hydrogens (tertiary/aromatic N) is 1. The van der Waals surface area contributed by atoms with Crippen LogP contribution in [0.1, 0.15) is 30.5 Å². The summed E-state index contributed by atoms with van der Waals surface area (Å²) >= 11 is 0. The predicted octanol–water partition coefficient (Wildman–Crippen LogP) is 3.16. The molecule has 1 aliphatic heterocycles. The van der Waals surface area contributed by atoms with Crippen molar-refractivity contribution in [1.82, 2.24) is 0 Å². The third-order valence-electron chi connectivity index (χ3n) is 4.08. The molecule has 2 N–H and O–H groups in total. The van der Waals surface area contributed by atoms with Gasteiger partial charge in [-0.15, -0.1) is 0 Å². The zero-order chi connectivity index (χ0) is 16.4. The first-order valence-electron chi connectivity index (χ1n) is 7.66. The van der Waals surface area contributed by atoms with Crippen molar-refractivity contribution in [3.63, 3.8) is 0 Å². The number of hydrogen-bond acceptors (Lipinski definition) is 3. The van der Waals surface area contributed by atoms with Crippen LogP contribution >= 0.6 is 0 Å². The molecule has 1 amide bonds. The van der Waals surface area contributed by atoms with E-state index in [1.54, 1.807) is 23.1 Å². The maximum absolute atomic E-state index is 13.9. The van der Waals surface area contributed by atoms with Crippen molar-refractivity contribution in [3.8, 4) is 5.75 Å². The van der Waals surface area contributed by atoms with Gasteiger partial charge in [0.1, 0.15) is 11.6 Å². The van der Waals surface area contributed by atoms with Crippen molar-refractivity contribution < 1.29 is 13.9 Å². The van der Waals surface area contributed by atoms with Gasteiger partial charge in [-0.3, -0.25) is 4.79 Å². The quantitative estimate of drug-likeness (QED) is 0.943. The molecule has 2 aromatic rings. The summed E-state index contributed by atoms with van der Waals surface area (Å²) in [6.45, 7) is 2.14. The van der Waals surface area contributed by atoms with Gasteiger partial charge in [0.25, 0.3) is 5.91 Å². The Morgan fingerprint density at radius 3 is 2.83 bits per heavy atom.